The molecule has 0 amide bonds. The minimum atomic E-state index is 0.109. The van der Waals surface area contributed by atoms with Gasteiger partial charge in [0.2, 0.25) is 5.88 Å². The molecule has 0 fully saturated rings. The third kappa shape index (κ3) is 3.74. The number of hydrogen-bond donors (Lipinski definition) is 0. The van der Waals surface area contributed by atoms with Crippen molar-refractivity contribution in [3.8, 4) is 22.9 Å². The highest BCUT2D eigenvalue weighted by Gasteiger charge is 2.29. The highest BCUT2D eigenvalue weighted by molar-refractivity contribution is 6.14. The van der Waals surface area contributed by atoms with Gasteiger partial charge in [-0.05, 0) is 52.1 Å². The zero-order valence-corrected chi connectivity index (χ0v) is 21.5. The second-order valence-electron chi connectivity index (χ2n) is 12.3. The van der Waals surface area contributed by atoms with Crippen LogP contribution >= 0.6 is 0 Å². The molecule has 2 aromatic heterocycles. The Bertz CT molecular complexity index is 1630. The van der Waals surface area contributed by atoms with Crippen LogP contribution in [0.25, 0.3) is 43.7 Å². The molecule has 0 atom stereocenters. The predicted octanol–water partition coefficient (Wildman–Crippen LogP) is 8.89. The van der Waals surface area contributed by atoms with Crippen molar-refractivity contribution in [1.82, 2.24) is 9.97 Å². The second kappa shape index (κ2) is 7.52. The molecule has 5 aromatic rings. The molecule has 3 nitrogen and oxygen atoms in total. The van der Waals surface area contributed by atoms with Crippen molar-refractivity contribution in [1.29, 1.82) is 0 Å². The molecule has 0 N–H and O–H groups in total. The second-order valence-corrected chi connectivity index (χ2v) is 12.3. The quantitative estimate of drug-likeness (QED) is 0.242. The van der Waals surface area contributed by atoms with Gasteiger partial charge in [-0.1, -0.05) is 84.0 Å². The van der Waals surface area contributed by atoms with Crippen LogP contribution in [0.1, 0.15) is 52.7 Å². The van der Waals surface area contributed by atoms with E-state index in [0.29, 0.717) is 5.88 Å². The van der Waals surface area contributed by atoms with E-state index in [9.17, 15) is 0 Å². The summed E-state index contributed by atoms with van der Waals surface area (Å²) in [6, 6.07) is 19.5. The Morgan fingerprint density at radius 2 is 1.51 bits per heavy atom. The van der Waals surface area contributed by atoms with Crippen molar-refractivity contribution >= 4 is 32.4 Å². The molecular weight excluding hydrogens is 428 g/mol. The maximum absolute atomic E-state index is 6.78. The van der Waals surface area contributed by atoms with Crippen LogP contribution in [0.3, 0.4) is 0 Å². The first-order chi connectivity index (χ1) is 16.6. The van der Waals surface area contributed by atoms with Crippen LogP contribution in [0.15, 0.2) is 60.8 Å². The van der Waals surface area contributed by atoms with Crippen molar-refractivity contribution in [2.24, 2.45) is 10.8 Å². The molecule has 176 valence electrons. The molecule has 35 heavy (non-hydrogen) atoms. The van der Waals surface area contributed by atoms with Crippen LogP contribution in [0, 0.1) is 10.8 Å². The van der Waals surface area contributed by atoms with Gasteiger partial charge >= 0.3 is 0 Å². The van der Waals surface area contributed by atoms with Crippen molar-refractivity contribution in [3.63, 3.8) is 0 Å². The topological polar surface area (TPSA) is 35.0 Å². The lowest BCUT2D eigenvalue weighted by Crippen LogP contribution is -2.13. The number of hydrogen-bond acceptors (Lipinski definition) is 3. The van der Waals surface area contributed by atoms with Gasteiger partial charge < -0.3 is 4.74 Å². The molecule has 0 spiro atoms. The maximum atomic E-state index is 6.78. The Hall–Kier alpha value is -3.46. The number of benzene rings is 3. The molecule has 0 bridgehead atoms. The van der Waals surface area contributed by atoms with Crippen LogP contribution in [0.4, 0.5) is 0 Å². The molecule has 0 saturated heterocycles. The standard InChI is InChI=1S/C32H32N2O/c1-31(2,3)17-20-11-9-13-23-22-14-15-33-28-24-16-19-10-7-8-12-21(19)25(18-32(4,5)6)29(24)35-30(26(22)28)34-27(20)23/h7-16H,17-18H2,1-6H3. The highest BCUT2D eigenvalue weighted by atomic mass is 16.5. The lowest BCUT2D eigenvalue weighted by molar-refractivity contribution is 0.397. The monoisotopic (exact) mass is 460 g/mol. The molecule has 1 aliphatic heterocycles. The average molecular weight is 461 g/mol. The smallest absolute Gasteiger partial charge is 0.229 e. The SMILES string of the molecule is CC(C)(C)Cc1c2c(cc3ccccc13)-c1nccc3c1c(nc1c(CC(C)(C)C)cccc13)O2. The summed E-state index contributed by atoms with van der Waals surface area (Å²) >= 11 is 0. The summed E-state index contributed by atoms with van der Waals surface area (Å²) in [7, 11) is 0. The van der Waals surface area contributed by atoms with E-state index >= 15 is 0 Å². The molecule has 1 aliphatic rings. The number of fused-ring (bicyclic) bond motifs is 5. The van der Waals surface area contributed by atoms with E-state index in [2.05, 4.69) is 96.1 Å². The van der Waals surface area contributed by atoms with Gasteiger partial charge in [0, 0.05) is 28.1 Å². The average Bonchev–Trinajstić information content (AvgIpc) is 2.78. The van der Waals surface area contributed by atoms with Gasteiger partial charge in [-0.25, -0.2) is 4.98 Å². The summed E-state index contributed by atoms with van der Waals surface area (Å²) in [6.07, 6.45) is 3.80. The van der Waals surface area contributed by atoms with Gasteiger partial charge in [0.1, 0.15) is 5.75 Å². The predicted molar refractivity (Wildman–Crippen MR) is 146 cm³/mol. The first kappa shape index (κ1) is 22.0. The van der Waals surface area contributed by atoms with E-state index in [0.717, 1.165) is 51.5 Å². The normalized spacial score (nSPS) is 13.3. The minimum absolute atomic E-state index is 0.109. The van der Waals surface area contributed by atoms with E-state index < -0.39 is 0 Å². The van der Waals surface area contributed by atoms with Gasteiger partial charge in [-0.2, -0.15) is 0 Å². The van der Waals surface area contributed by atoms with Crippen LogP contribution < -0.4 is 4.74 Å². The van der Waals surface area contributed by atoms with Crippen LogP contribution in [0.2, 0.25) is 0 Å². The molecule has 3 heterocycles. The Labute approximate surface area is 207 Å². The third-order valence-electron chi connectivity index (χ3n) is 6.77. The Morgan fingerprint density at radius 3 is 2.29 bits per heavy atom. The molecule has 3 heteroatoms. The van der Waals surface area contributed by atoms with Crippen molar-refractivity contribution in [2.45, 2.75) is 54.4 Å². The molecule has 6 rings (SSSR count). The van der Waals surface area contributed by atoms with Gasteiger partial charge in [0.25, 0.3) is 0 Å². The van der Waals surface area contributed by atoms with Gasteiger partial charge in [-0.15, -0.1) is 0 Å². The van der Waals surface area contributed by atoms with E-state index in [-0.39, 0.29) is 10.8 Å². The van der Waals surface area contributed by atoms with Crippen molar-refractivity contribution in [2.75, 3.05) is 0 Å². The van der Waals surface area contributed by atoms with Gasteiger partial charge in [-0.3, -0.25) is 4.98 Å². The Balaban J connectivity index is 1.69. The first-order valence-corrected chi connectivity index (χ1v) is 12.5. The number of rotatable bonds is 2. The maximum Gasteiger partial charge on any atom is 0.229 e. The van der Waals surface area contributed by atoms with Crippen molar-refractivity contribution < 1.29 is 4.74 Å². The Kier molecular flexibility index (Phi) is 4.73. The fourth-order valence-corrected chi connectivity index (χ4v) is 5.49. The van der Waals surface area contributed by atoms with E-state index in [1.807, 2.05) is 6.20 Å². The van der Waals surface area contributed by atoms with E-state index in [1.165, 1.54) is 21.9 Å². The molecule has 0 saturated carbocycles. The lowest BCUT2D eigenvalue weighted by atomic mass is 9.83. The fraction of sp³-hybridized carbons (Fsp3) is 0.312. The minimum Gasteiger partial charge on any atom is -0.437 e. The first-order valence-electron chi connectivity index (χ1n) is 12.5. The van der Waals surface area contributed by atoms with Crippen LogP contribution in [0.5, 0.6) is 11.6 Å². The number of ether oxygens (including phenoxy) is 1. The molecule has 3 aromatic carbocycles. The molecule has 0 unspecified atom stereocenters. The number of para-hydroxylation sites is 1. The largest absolute Gasteiger partial charge is 0.437 e. The summed E-state index contributed by atoms with van der Waals surface area (Å²) in [5.41, 5.74) is 5.83. The lowest BCUT2D eigenvalue weighted by Gasteiger charge is -2.27. The summed E-state index contributed by atoms with van der Waals surface area (Å²) in [5.74, 6) is 1.58. The van der Waals surface area contributed by atoms with Crippen molar-refractivity contribution in [3.05, 3.63) is 71.9 Å². The number of pyridine rings is 2. The Morgan fingerprint density at radius 1 is 0.771 bits per heavy atom. The molecular formula is C32H32N2O. The van der Waals surface area contributed by atoms with Gasteiger partial charge in [0.05, 0.1) is 16.6 Å². The summed E-state index contributed by atoms with van der Waals surface area (Å²) in [4.78, 5) is 10.1. The zero-order valence-electron chi connectivity index (χ0n) is 21.5. The number of nitrogens with zero attached hydrogens (tertiary/aromatic N) is 2. The van der Waals surface area contributed by atoms with E-state index in [4.69, 9.17) is 14.7 Å². The summed E-state index contributed by atoms with van der Waals surface area (Å²) in [6.45, 7) is 13.7. The third-order valence-corrected chi connectivity index (χ3v) is 6.77. The zero-order chi connectivity index (χ0) is 24.5. The van der Waals surface area contributed by atoms with Gasteiger partial charge in [0.15, 0.2) is 0 Å². The van der Waals surface area contributed by atoms with Crippen LogP contribution in [-0.2, 0) is 12.8 Å². The highest BCUT2D eigenvalue weighted by Crippen LogP contribution is 2.50. The van der Waals surface area contributed by atoms with Crippen LogP contribution in [-0.4, -0.2) is 9.97 Å². The molecule has 0 aliphatic carbocycles. The number of aromatic nitrogens is 2. The summed E-state index contributed by atoms with van der Waals surface area (Å²) in [5, 5.41) is 5.79. The fourth-order valence-electron chi connectivity index (χ4n) is 5.49. The van der Waals surface area contributed by atoms with E-state index in [1.54, 1.807) is 0 Å². The summed E-state index contributed by atoms with van der Waals surface area (Å²) < 4.78 is 6.78. The molecule has 0 radical (unpaired) electrons.